The minimum absolute atomic E-state index is 0.309. The zero-order chi connectivity index (χ0) is 30.0. The maximum atomic E-state index is 10.0. The van der Waals surface area contributed by atoms with E-state index in [-0.39, 0.29) is 0 Å². The largest absolute Gasteiger partial charge is 0.865 e. The van der Waals surface area contributed by atoms with E-state index in [0.717, 1.165) is 50.7 Å². The van der Waals surface area contributed by atoms with Crippen LogP contribution in [0.25, 0.3) is 0 Å². The zero-order valence-electron chi connectivity index (χ0n) is 26.8. The van der Waals surface area contributed by atoms with E-state index < -0.39 is 32.5 Å². The molecule has 2 unspecified atom stereocenters. The number of rotatable bonds is 26. The Labute approximate surface area is 253 Å². The quantitative estimate of drug-likeness (QED) is 0.0675. The van der Waals surface area contributed by atoms with Crippen LogP contribution < -0.4 is 20.4 Å². The molecule has 0 fully saturated rings. The zero-order valence-corrected chi connectivity index (χ0v) is 28.4. The molecule has 0 radical (unpaired) electrons. The van der Waals surface area contributed by atoms with Gasteiger partial charge >= 0.3 is 131 Å². The van der Waals surface area contributed by atoms with Crippen molar-refractivity contribution in [2.45, 2.75) is 183 Å². The van der Waals surface area contributed by atoms with Crippen LogP contribution in [0.15, 0.2) is 0 Å². The second-order valence-electron chi connectivity index (χ2n) is 10.8. The summed E-state index contributed by atoms with van der Waals surface area (Å²) in [6.07, 6.45) is 18.7. The van der Waals surface area contributed by atoms with Gasteiger partial charge in [-0.15, -0.1) is 0 Å². The molecule has 0 bridgehead atoms. The van der Waals surface area contributed by atoms with Crippen molar-refractivity contribution in [1.29, 1.82) is 0 Å². The third kappa shape index (κ3) is 43.1. The third-order valence-electron chi connectivity index (χ3n) is 6.93. The maximum absolute atomic E-state index is 10.0. The van der Waals surface area contributed by atoms with E-state index in [1.54, 1.807) is 0 Å². The van der Waals surface area contributed by atoms with Crippen LogP contribution in [0.5, 0.6) is 0 Å². The fourth-order valence-corrected chi connectivity index (χ4v) is 5.05. The summed E-state index contributed by atoms with van der Waals surface area (Å²) in [5, 5.41) is 40.0. The van der Waals surface area contributed by atoms with Gasteiger partial charge in [0, 0.05) is 0 Å². The summed E-state index contributed by atoms with van der Waals surface area (Å²) in [5.74, 6) is 1.49. The molecule has 0 rings (SSSR count). The van der Waals surface area contributed by atoms with Crippen LogP contribution in [-0.2, 0) is 26.6 Å². The third-order valence-corrected chi connectivity index (χ3v) is 7.82. The maximum Gasteiger partial charge on any atom is -0.0533 e. The van der Waals surface area contributed by atoms with Crippen molar-refractivity contribution >= 4 is 0 Å². The second kappa shape index (κ2) is 38.5. The van der Waals surface area contributed by atoms with Gasteiger partial charge in [0.2, 0.25) is 0 Å². The van der Waals surface area contributed by atoms with Gasteiger partial charge in [-0.2, -0.15) is 0 Å². The molecular weight excluding hydrogens is 528 g/mol. The molecule has 0 aliphatic carbocycles. The summed E-state index contributed by atoms with van der Waals surface area (Å²) in [6.45, 7) is 15.2. The van der Waals surface area contributed by atoms with Crippen molar-refractivity contribution in [2.75, 3.05) is 13.2 Å². The van der Waals surface area contributed by atoms with E-state index in [0.29, 0.717) is 12.8 Å². The Morgan fingerprint density at radius 3 is 1.05 bits per heavy atom. The molecule has 0 saturated heterocycles. The van der Waals surface area contributed by atoms with Gasteiger partial charge in [0.1, 0.15) is 0 Å². The summed E-state index contributed by atoms with van der Waals surface area (Å²) in [4.78, 5) is 0. The first-order valence-electron chi connectivity index (χ1n) is 16.4. The number of hydrogen-bond donors (Lipinski definition) is 0. The Bertz CT molecular complexity index is 376. The van der Waals surface area contributed by atoms with E-state index in [2.05, 4.69) is 41.5 Å². The van der Waals surface area contributed by atoms with Gasteiger partial charge in [0.25, 0.3) is 0 Å². The smallest absolute Gasteiger partial charge is 0.0533 e. The standard InChI is InChI=1S/2C8H16O2.2C8H17O.Ti/c2*1-2-3-4-5-6-7-8(9)10;2*1-3-5-6-8(4-2)7-9;/h2*8H,2-7H2,1H3;2*8H,3-7H2,1-2H3;/q2*-2;2*-1;+6. The molecule has 0 aromatic heterocycles. The fraction of sp³-hybridized carbons (Fsp3) is 1.00. The average molecular weight is 595 g/mol. The normalized spacial score (nSPS) is 12.7. The summed E-state index contributed by atoms with van der Waals surface area (Å²) >= 11 is -0.618. The molecule has 0 N–H and O–H groups in total. The molecule has 6 nitrogen and oxygen atoms in total. The van der Waals surface area contributed by atoms with Gasteiger partial charge in [-0.1, -0.05) is 90.9 Å². The molecule has 0 aliphatic heterocycles. The van der Waals surface area contributed by atoms with Crippen LogP contribution >= 0.6 is 0 Å². The summed E-state index contributed by atoms with van der Waals surface area (Å²) in [6, 6.07) is 0. The van der Waals surface area contributed by atoms with E-state index in [1.807, 2.05) is 0 Å². The predicted molar refractivity (Wildman–Crippen MR) is 153 cm³/mol. The first-order chi connectivity index (χ1) is 18.8. The Morgan fingerprint density at radius 2 is 0.769 bits per heavy atom. The van der Waals surface area contributed by atoms with Crippen LogP contribution in [0.1, 0.15) is 170 Å². The van der Waals surface area contributed by atoms with Crippen LogP contribution in [0.2, 0.25) is 0 Å². The molecular formula is C32H66O6Ti. The van der Waals surface area contributed by atoms with Crippen LogP contribution in [-0.4, -0.2) is 25.8 Å². The Hall–Kier alpha value is 0.474. The minimum atomic E-state index is -1.60. The molecule has 0 saturated carbocycles. The first-order valence-corrected chi connectivity index (χ1v) is 17.7. The molecule has 0 amide bonds. The molecule has 0 heterocycles. The van der Waals surface area contributed by atoms with Gasteiger partial charge in [0.05, 0.1) is 0 Å². The number of hydrogen-bond acceptors (Lipinski definition) is 6. The predicted octanol–water partition coefficient (Wildman–Crippen LogP) is 6.15. The van der Waals surface area contributed by atoms with Gasteiger partial charge in [-0.3, -0.25) is 0 Å². The summed E-state index contributed by atoms with van der Waals surface area (Å²) < 4.78 is 11.6. The molecule has 0 aliphatic rings. The van der Waals surface area contributed by atoms with Gasteiger partial charge in [-0.05, 0) is 0 Å². The van der Waals surface area contributed by atoms with Gasteiger partial charge < -0.3 is 20.4 Å². The van der Waals surface area contributed by atoms with Crippen molar-refractivity contribution in [3.63, 3.8) is 0 Å². The van der Waals surface area contributed by atoms with Crippen molar-refractivity contribution in [2.24, 2.45) is 11.8 Å². The molecule has 2 atom stereocenters. The van der Waals surface area contributed by atoms with E-state index in [9.17, 15) is 20.4 Å². The molecule has 0 aromatic carbocycles. The molecule has 0 aromatic rings. The van der Waals surface area contributed by atoms with Crippen molar-refractivity contribution in [1.82, 2.24) is 0 Å². The monoisotopic (exact) mass is 594 g/mol. The summed E-state index contributed by atoms with van der Waals surface area (Å²) in [5.41, 5.74) is 0. The fourth-order valence-electron chi connectivity index (χ4n) is 3.97. The minimum Gasteiger partial charge on any atom is -0.865 e. The van der Waals surface area contributed by atoms with Crippen molar-refractivity contribution in [3.8, 4) is 0 Å². The molecule has 39 heavy (non-hydrogen) atoms. The van der Waals surface area contributed by atoms with Crippen LogP contribution in [0.3, 0.4) is 0 Å². The second-order valence-corrected chi connectivity index (χ2v) is 12.0. The molecule has 0 spiro atoms. The molecule has 7 heteroatoms. The van der Waals surface area contributed by atoms with Crippen molar-refractivity contribution in [3.05, 3.63) is 0 Å². The Kier molecular flexibility index (Phi) is 43.3. The number of unbranched alkanes of at least 4 members (excludes halogenated alkanes) is 10. The van der Waals surface area contributed by atoms with E-state index in [4.69, 9.17) is 6.64 Å². The van der Waals surface area contributed by atoms with Crippen LogP contribution in [0.4, 0.5) is 0 Å². The first kappa shape index (κ1) is 43.9. The summed E-state index contributed by atoms with van der Waals surface area (Å²) in [7, 11) is 0. The Balaban J connectivity index is -0.000000547. The van der Waals surface area contributed by atoms with E-state index in [1.165, 1.54) is 89.9 Å². The van der Waals surface area contributed by atoms with Crippen molar-refractivity contribution < 1.29 is 47.0 Å². The Morgan fingerprint density at radius 1 is 0.436 bits per heavy atom. The SMILES string of the molecule is CCCCC(CC)C[O][Ti+4][O]CC(CC)CCCC.CCCCCCCC([O-])[O-].CCCCCCCC([O-])[O-]. The van der Waals surface area contributed by atoms with E-state index >= 15 is 0 Å². The van der Waals surface area contributed by atoms with Gasteiger partial charge in [0.15, 0.2) is 0 Å². The van der Waals surface area contributed by atoms with Gasteiger partial charge in [-0.25, -0.2) is 12.6 Å². The topological polar surface area (TPSA) is 111 Å². The van der Waals surface area contributed by atoms with Crippen LogP contribution in [0, 0.1) is 11.8 Å². The average Bonchev–Trinajstić information content (AvgIpc) is 2.92. The molecule has 234 valence electrons.